The maximum atomic E-state index is 13.5. The summed E-state index contributed by atoms with van der Waals surface area (Å²) in [6.45, 7) is 1.79. The summed E-state index contributed by atoms with van der Waals surface area (Å²) in [4.78, 5) is 15.3. The van der Waals surface area contributed by atoms with E-state index >= 15 is 0 Å². The highest BCUT2D eigenvalue weighted by Crippen LogP contribution is 2.37. The van der Waals surface area contributed by atoms with Crippen LogP contribution in [0.15, 0.2) is 18.2 Å². The van der Waals surface area contributed by atoms with Gasteiger partial charge in [0.15, 0.2) is 9.84 Å². The van der Waals surface area contributed by atoms with E-state index in [9.17, 15) is 26.4 Å². The smallest absolute Gasteiger partial charge is 0.378 e. The molecule has 1 aromatic carbocycles. The predicted molar refractivity (Wildman–Crippen MR) is 93.7 cm³/mol. The van der Waals surface area contributed by atoms with Gasteiger partial charge in [0.25, 0.3) is 0 Å². The molecule has 2 fully saturated rings. The Labute approximate surface area is 155 Å². The van der Waals surface area contributed by atoms with E-state index in [0.29, 0.717) is 32.0 Å². The molecule has 7 nitrogen and oxygen atoms in total. The molecule has 0 radical (unpaired) electrons. The van der Waals surface area contributed by atoms with Crippen molar-refractivity contribution in [1.82, 2.24) is 4.90 Å². The van der Waals surface area contributed by atoms with Crippen molar-refractivity contribution >= 4 is 27.2 Å². The molecule has 0 spiro atoms. The number of nitrogens with one attached hydrogen (secondary N) is 1. The number of hydrogen-bond donors (Lipinski definition) is 1. The number of rotatable bonds is 2. The molecule has 11 heteroatoms. The summed E-state index contributed by atoms with van der Waals surface area (Å²) < 4.78 is 68.6. The number of carbonyl (C=O) groups is 1. The van der Waals surface area contributed by atoms with Gasteiger partial charge in [0.2, 0.25) is 0 Å². The molecule has 150 valence electrons. The zero-order valence-electron chi connectivity index (χ0n) is 14.5. The van der Waals surface area contributed by atoms with Crippen molar-refractivity contribution in [2.45, 2.75) is 6.18 Å². The van der Waals surface area contributed by atoms with Crippen LogP contribution >= 0.6 is 0 Å². The third-order valence-corrected chi connectivity index (χ3v) is 6.17. The van der Waals surface area contributed by atoms with Crippen molar-refractivity contribution in [2.24, 2.45) is 0 Å². The Balaban J connectivity index is 1.78. The van der Waals surface area contributed by atoms with E-state index in [1.807, 2.05) is 0 Å². The van der Waals surface area contributed by atoms with Crippen molar-refractivity contribution in [3.05, 3.63) is 23.8 Å². The van der Waals surface area contributed by atoms with E-state index in [0.717, 1.165) is 6.07 Å². The number of nitrogens with zero attached hydrogens (tertiary/aromatic N) is 2. The Kier molecular flexibility index (Phi) is 5.52. The maximum Gasteiger partial charge on any atom is 0.418 e. The lowest BCUT2D eigenvalue weighted by Crippen LogP contribution is -2.45. The first-order chi connectivity index (χ1) is 12.7. The first-order valence-corrected chi connectivity index (χ1v) is 10.3. The number of hydrogen-bond acceptors (Lipinski definition) is 5. The summed E-state index contributed by atoms with van der Waals surface area (Å²) in [6, 6.07) is 3.03. The molecule has 2 amide bonds. The molecule has 0 aromatic heterocycles. The molecular weight excluding hydrogens is 387 g/mol. The fraction of sp³-hybridized carbons (Fsp3) is 0.562. The normalized spacial score (nSPS) is 20.4. The largest absolute Gasteiger partial charge is 0.418 e. The van der Waals surface area contributed by atoms with Crippen LogP contribution in [0, 0.1) is 0 Å². The average molecular weight is 407 g/mol. The number of anilines is 2. The second-order valence-electron chi connectivity index (χ2n) is 6.40. The standard InChI is InChI=1S/C16H20F3N3O4S/c17-16(18,19)13-11-12(21-3-7-26-8-4-21)1-2-14(13)20-15(23)22-5-9-27(24,25)10-6-22/h1-2,11H,3-10H2,(H,20,23). The van der Waals surface area contributed by atoms with E-state index in [4.69, 9.17) is 4.74 Å². The third kappa shape index (κ3) is 4.83. The SMILES string of the molecule is O=C(Nc1ccc(N2CCOCC2)cc1C(F)(F)F)N1CCS(=O)(=O)CC1. The molecule has 0 saturated carbocycles. The zero-order valence-corrected chi connectivity index (χ0v) is 15.3. The minimum Gasteiger partial charge on any atom is -0.378 e. The number of carbonyl (C=O) groups excluding carboxylic acids is 1. The second kappa shape index (κ2) is 7.55. The van der Waals surface area contributed by atoms with Crippen molar-refractivity contribution in [3.63, 3.8) is 0 Å². The number of alkyl halides is 3. The Morgan fingerprint density at radius 3 is 2.30 bits per heavy atom. The molecule has 2 aliphatic heterocycles. The first kappa shape index (κ1) is 19.7. The van der Waals surface area contributed by atoms with Crippen LogP contribution in [-0.4, -0.2) is 70.2 Å². The van der Waals surface area contributed by atoms with Crippen LogP contribution in [0.25, 0.3) is 0 Å². The number of morpholine rings is 1. The van der Waals surface area contributed by atoms with E-state index in [1.165, 1.54) is 17.0 Å². The van der Waals surface area contributed by atoms with Crippen LogP contribution in [0.4, 0.5) is 29.3 Å². The molecule has 2 aliphatic rings. The highest BCUT2D eigenvalue weighted by atomic mass is 32.2. The van der Waals surface area contributed by atoms with Crippen molar-refractivity contribution in [2.75, 3.05) is 61.1 Å². The number of halogens is 3. The van der Waals surface area contributed by atoms with E-state index in [1.54, 1.807) is 4.90 Å². The highest BCUT2D eigenvalue weighted by molar-refractivity contribution is 7.91. The van der Waals surface area contributed by atoms with E-state index in [-0.39, 0.29) is 30.3 Å². The van der Waals surface area contributed by atoms with Crippen LogP contribution in [0.2, 0.25) is 0 Å². The van der Waals surface area contributed by atoms with Gasteiger partial charge >= 0.3 is 12.2 Å². The second-order valence-corrected chi connectivity index (χ2v) is 8.70. The molecule has 0 atom stereocenters. The van der Waals surface area contributed by atoms with Gasteiger partial charge in [-0.05, 0) is 18.2 Å². The summed E-state index contributed by atoms with van der Waals surface area (Å²) in [5.74, 6) is -0.384. The van der Waals surface area contributed by atoms with Crippen molar-refractivity contribution < 1.29 is 31.1 Å². The Hall–Kier alpha value is -2.01. The number of benzene rings is 1. The average Bonchev–Trinajstić information content (AvgIpc) is 2.61. The van der Waals surface area contributed by atoms with Gasteiger partial charge in [0.05, 0.1) is 36.0 Å². The molecule has 0 aliphatic carbocycles. The Morgan fingerprint density at radius 2 is 1.70 bits per heavy atom. The minimum absolute atomic E-state index is 0.0403. The quantitative estimate of drug-likeness (QED) is 0.809. The van der Waals surface area contributed by atoms with Crippen molar-refractivity contribution in [3.8, 4) is 0 Å². The summed E-state index contributed by atoms with van der Waals surface area (Å²) in [6.07, 6.45) is -4.64. The molecule has 27 heavy (non-hydrogen) atoms. The van der Waals surface area contributed by atoms with Crippen LogP contribution < -0.4 is 10.2 Å². The lowest BCUT2D eigenvalue weighted by Gasteiger charge is -2.30. The number of sulfone groups is 1. The summed E-state index contributed by atoms with van der Waals surface area (Å²) in [5.41, 5.74) is -0.880. The van der Waals surface area contributed by atoms with Gasteiger partial charge in [0, 0.05) is 31.9 Å². The van der Waals surface area contributed by atoms with Gasteiger partial charge < -0.3 is 19.9 Å². The third-order valence-electron chi connectivity index (χ3n) is 4.56. The zero-order chi connectivity index (χ0) is 19.7. The Bertz CT molecular complexity index is 794. The fourth-order valence-electron chi connectivity index (χ4n) is 3.00. The lowest BCUT2D eigenvalue weighted by atomic mass is 10.1. The van der Waals surface area contributed by atoms with Crippen LogP contribution in [0.5, 0.6) is 0 Å². The topological polar surface area (TPSA) is 79.0 Å². The van der Waals surface area contributed by atoms with E-state index < -0.39 is 27.6 Å². The number of amides is 2. The minimum atomic E-state index is -4.64. The lowest BCUT2D eigenvalue weighted by molar-refractivity contribution is -0.136. The Morgan fingerprint density at radius 1 is 1.07 bits per heavy atom. The first-order valence-electron chi connectivity index (χ1n) is 8.46. The fourth-order valence-corrected chi connectivity index (χ4v) is 4.21. The molecular formula is C16H20F3N3O4S. The van der Waals surface area contributed by atoms with Gasteiger partial charge in [-0.25, -0.2) is 13.2 Å². The molecule has 3 rings (SSSR count). The summed E-state index contributed by atoms with van der Waals surface area (Å²) >= 11 is 0. The predicted octanol–water partition coefficient (Wildman–Crippen LogP) is 1.80. The highest BCUT2D eigenvalue weighted by Gasteiger charge is 2.35. The molecule has 2 heterocycles. The summed E-state index contributed by atoms with van der Waals surface area (Å²) in [7, 11) is -3.19. The van der Waals surface area contributed by atoms with Gasteiger partial charge in [0.1, 0.15) is 0 Å². The summed E-state index contributed by atoms with van der Waals surface area (Å²) in [5, 5.41) is 2.27. The van der Waals surface area contributed by atoms with E-state index in [2.05, 4.69) is 5.32 Å². The van der Waals surface area contributed by atoms with Gasteiger partial charge in [-0.3, -0.25) is 0 Å². The molecule has 1 aromatic rings. The van der Waals surface area contributed by atoms with Crippen LogP contribution in [0.1, 0.15) is 5.56 Å². The molecule has 0 bridgehead atoms. The molecule has 1 N–H and O–H groups in total. The van der Waals surface area contributed by atoms with Crippen LogP contribution in [0.3, 0.4) is 0 Å². The van der Waals surface area contributed by atoms with Crippen molar-refractivity contribution in [1.29, 1.82) is 0 Å². The number of urea groups is 1. The van der Waals surface area contributed by atoms with Gasteiger partial charge in [-0.15, -0.1) is 0 Å². The maximum absolute atomic E-state index is 13.5. The molecule has 2 saturated heterocycles. The van der Waals surface area contributed by atoms with Gasteiger partial charge in [-0.1, -0.05) is 0 Å². The monoisotopic (exact) mass is 407 g/mol. The molecule has 0 unspecified atom stereocenters. The van der Waals surface area contributed by atoms with Crippen LogP contribution in [-0.2, 0) is 20.8 Å². The van der Waals surface area contributed by atoms with Gasteiger partial charge in [-0.2, -0.15) is 13.2 Å². The number of ether oxygens (including phenoxy) is 1.